The first-order valence-corrected chi connectivity index (χ1v) is 14.3. The summed E-state index contributed by atoms with van der Waals surface area (Å²) in [6, 6.07) is 2.45. The molecule has 0 unspecified atom stereocenters. The summed E-state index contributed by atoms with van der Waals surface area (Å²) >= 11 is 0. The molecule has 36 heavy (non-hydrogen) atoms. The molecule has 7 atom stereocenters. The minimum atomic E-state index is -0.333. The van der Waals surface area contributed by atoms with Crippen molar-refractivity contribution in [2.75, 3.05) is 6.54 Å². The number of amides is 1. The summed E-state index contributed by atoms with van der Waals surface area (Å²) in [6.45, 7) is 19.2. The highest BCUT2D eigenvalue weighted by atomic mass is 16.2. The molecule has 0 aromatic heterocycles. The van der Waals surface area contributed by atoms with Crippen LogP contribution < -0.4 is 5.32 Å². The summed E-state index contributed by atoms with van der Waals surface area (Å²) in [6.07, 6.45) is 18.1. The lowest BCUT2D eigenvalue weighted by Crippen LogP contribution is -2.63. The van der Waals surface area contributed by atoms with E-state index in [0.717, 1.165) is 51.4 Å². The number of hydrogen-bond acceptors (Lipinski definition) is 2. The van der Waals surface area contributed by atoms with Gasteiger partial charge >= 0.3 is 0 Å². The highest BCUT2D eigenvalue weighted by Gasteiger charge is 2.67. The van der Waals surface area contributed by atoms with Crippen molar-refractivity contribution in [1.82, 2.24) is 5.32 Å². The van der Waals surface area contributed by atoms with Gasteiger partial charge in [0.25, 0.3) is 0 Å². The molecule has 3 heteroatoms. The molecule has 0 aromatic carbocycles. The van der Waals surface area contributed by atoms with Crippen LogP contribution in [-0.2, 0) is 4.79 Å². The molecule has 1 amide bonds. The number of nitrogens with one attached hydrogen (secondary N) is 1. The molecule has 196 valence electrons. The zero-order valence-corrected chi connectivity index (χ0v) is 23.7. The highest BCUT2D eigenvalue weighted by molar-refractivity contribution is 5.84. The number of carbonyl (C=O) groups is 1. The van der Waals surface area contributed by atoms with Gasteiger partial charge in [0, 0.05) is 6.42 Å². The van der Waals surface area contributed by atoms with Gasteiger partial charge in [0.05, 0.1) is 18.0 Å². The van der Waals surface area contributed by atoms with E-state index in [-0.39, 0.29) is 38.9 Å². The summed E-state index contributed by atoms with van der Waals surface area (Å²) in [4.78, 5) is 13.7. The molecule has 3 fully saturated rings. The number of carbonyl (C=O) groups excluding carboxylic acids is 1. The Hall–Kier alpha value is -2.00. The van der Waals surface area contributed by atoms with Crippen LogP contribution in [0.3, 0.4) is 0 Å². The Labute approximate surface area is 220 Å². The fraction of sp³-hybridized carbons (Fsp3) is 0.758. The number of nitrogens with zero attached hydrogens (tertiary/aromatic N) is 1. The van der Waals surface area contributed by atoms with Crippen molar-refractivity contribution in [3.8, 4) is 18.4 Å². The number of fused-ring (bicyclic) bond motifs is 5. The van der Waals surface area contributed by atoms with Crippen LogP contribution in [0.5, 0.6) is 0 Å². The number of terminal acetylenes is 1. The van der Waals surface area contributed by atoms with Gasteiger partial charge in [-0.15, -0.1) is 6.42 Å². The number of allylic oxidation sites excluding steroid dienone is 3. The minimum absolute atomic E-state index is 0.0673. The van der Waals surface area contributed by atoms with E-state index in [1.54, 1.807) is 5.57 Å². The van der Waals surface area contributed by atoms with E-state index in [1.165, 1.54) is 12.0 Å². The molecular weight excluding hydrogens is 440 g/mol. The number of hydrogen-bond donors (Lipinski definition) is 1. The smallest absolute Gasteiger partial charge is 0.227 e. The van der Waals surface area contributed by atoms with Crippen LogP contribution >= 0.6 is 0 Å². The van der Waals surface area contributed by atoms with Gasteiger partial charge in [-0.25, -0.2) is 0 Å². The predicted molar refractivity (Wildman–Crippen MR) is 148 cm³/mol. The average molecular weight is 489 g/mol. The minimum Gasteiger partial charge on any atom is -0.345 e. The van der Waals surface area contributed by atoms with E-state index in [9.17, 15) is 10.1 Å². The SMILES string of the molecule is C#CCNC(=O)[C@]12CCC(C)(C)C[C@H]1C1=CC[C@@H]3[C@@](C)(CCC#N)[C@H](C(=C)C)CC[C@@]3(C)[C@]1(C)CC2. The Morgan fingerprint density at radius 2 is 1.86 bits per heavy atom. The lowest BCUT2D eigenvalue weighted by atomic mass is 9.35. The second-order valence-corrected chi connectivity index (χ2v) is 14.3. The van der Waals surface area contributed by atoms with Gasteiger partial charge in [-0.1, -0.05) is 64.3 Å². The molecular formula is C33H48N2O. The molecule has 0 aromatic rings. The first kappa shape index (κ1) is 27.0. The maximum atomic E-state index is 13.7. The first-order valence-electron chi connectivity index (χ1n) is 14.3. The van der Waals surface area contributed by atoms with Crippen molar-refractivity contribution in [1.29, 1.82) is 5.26 Å². The molecule has 0 spiro atoms. The number of rotatable bonds is 5. The monoisotopic (exact) mass is 488 g/mol. The van der Waals surface area contributed by atoms with Crippen LogP contribution in [0, 0.1) is 68.5 Å². The van der Waals surface area contributed by atoms with Crippen molar-refractivity contribution in [2.45, 2.75) is 106 Å². The summed E-state index contributed by atoms with van der Waals surface area (Å²) in [5.41, 5.74) is 3.03. The molecule has 4 aliphatic carbocycles. The molecule has 0 radical (unpaired) electrons. The predicted octanol–water partition coefficient (Wildman–Crippen LogP) is 7.60. The molecule has 1 N–H and O–H groups in total. The molecule has 3 saturated carbocycles. The lowest BCUT2D eigenvalue weighted by molar-refractivity contribution is -0.157. The Morgan fingerprint density at radius 3 is 2.50 bits per heavy atom. The van der Waals surface area contributed by atoms with Gasteiger partial charge in [-0.3, -0.25) is 4.79 Å². The maximum absolute atomic E-state index is 13.7. The fourth-order valence-electron chi connectivity index (χ4n) is 9.81. The Bertz CT molecular complexity index is 1040. The van der Waals surface area contributed by atoms with Crippen molar-refractivity contribution in [3.63, 3.8) is 0 Å². The van der Waals surface area contributed by atoms with Crippen LogP contribution in [0.1, 0.15) is 106 Å². The van der Waals surface area contributed by atoms with Crippen molar-refractivity contribution in [3.05, 3.63) is 23.8 Å². The normalized spacial score (nSPS) is 42.9. The molecule has 0 aliphatic heterocycles. The molecule has 4 aliphatic rings. The second-order valence-electron chi connectivity index (χ2n) is 14.3. The Balaban J connectivity index is 1.81. The third kappa shape index (κ3) is 3.80. The van der Waals surface area contributed by atoms with E-state index in [0.29, 0.717) is 24.8 Å². The zero-order valence-electron chi connectivity index (χ0n) is 23.7. The highest BCUT2D eigenvalue weighted by Crippen LogP contribution is 2.74. The van der Waals surface area contributed by atoms with Crippen molar-refractivity contribution in [2.24, 2.45) is 44.8 Å². The third-order valence-corrected chi connectivity index (χ3v) is 12.1. The van der Waals surface area contributed by atoms with Crippen LogP contribution in [0.2, 0.25) is 0 Å². The van der Waals surface area contributed by atoms with Gasteiger partial charge in [0.1, 0.15) is 0 Å². The molecule has 3 nitrogen and oxygen atoms in total. The van der Waals surface area contributed by atoms with Crippen LogP contribution in [0.25, 0.3) is 0 Å². The zero-order chi connectivity index (χ0) is 26.6. The fourth-order valence-corrected chi connectivity index (χ4v) is 9.81. The van der Waals surface area contributed by atoms with E-state index in [4.69, 9.17) is 6.42 Å². The van der Waals surface area contributed by atoms with Crippen LogP contribution in [0.15, 0.2) is 23.8 Å². The van der Waals surface area contributed by atoms with Crippen molar-refractivity contribution >= 4 is 5.91 Å². The first-order chi connectivity index (χ1) is 16.8. The van der Waals surface area contributed by atoms with Gasteiger partial charge in [-0.05, 0) is 104 Å². The van der Waals surface area contributed by atoms with E-state index >= 15 is 0 Å². The number of nitriles is 1. The Kier molecular flexibility index (Phi) is 6.82. The van der Waals surface area contributed by atoms with Gasteiger partial charge in [-0.2, -0.15) is 5.26 Å². The van der Waals surface area contributed by atoms with E-state index < -0.39 is 0 Å². The second kappa shape index (κ2) is 9.08. The molecule has 4 rings (SSSR count). The molecule has 0 saturated heterocycles. The van der Waals surface area contributed by atoms with Gasteiger partial charge in [0.2, 0.25) is 5.91 Å². The standard InChI is InChI=1S/C33H48N2O/c1-9-21-35-28(36)33-18-16-29(4,5)22-26(33)25-11-12-27-30(6,14-10-20-34)24(23(2)3)13-15-32(27,8)31(25,7)17-19-33/h1,11,24,26-27H,2,10,12-19,21-22H2,3-8H3,(H,35,36)/t24-,26-,27+,30-,31+,32+,33-/m0/s1. The lowest BCUT2D eigenvalue weighted by Gasteiger charge is -2.69. The summed E-state index contributed by atoms with van der Waals surface area (Å²) in [5.74, 6) is 4.06. The average Bonchev–Trinajstić information content (AvgIpc) is 2.81. The van der Waals surface area contributed by atoms with Crippen LogP contribution in [0.4, 0.5) is 0 Å². The topological polar surface area (TPSA) is 52.9 Å². The van der Waals surface area contributed by atoms with E-state index in [2.05, 4.69) is 71.5 Å². The maximum Gasteiger partial charge on any atom is 0.227 e. The summed E-state index contributed by atoms with van der Waals surface area (Å²) in [5, 5.41) is 12.6. The summed E-state index contributed by atoms with van der Waals surface area (Å²) in [7, 11) is 0. The third-order valence-electron chi connectivity index (χ3n) is 12.1. The van der Waals surface area contributed by atoms with Crippen LogP contribution in [-0.4, -0.2) is 12.5 Å². The van der Waals surface area contributed by atoms with Gasteiger partial charge < -0.3 is 5.32 Å². The molecule has 0 bridgehead atoms. The largest absolute Gasteiger partial charge is 0.345 e. The van der Waals surface area contributed by atoms with E-state index in [1.807, 2.05) is 0 Å². The summed E-state index contributed by atoms with van der Waals surface area (Å²) < 4.78 is 0. The van der Waals surface area contributed by atoms with Crippen molar-refractivity contribution < 1.29 is 4.79 Å². The van der Waals surface area contributed by atoms with Gasteiger partial charge in [0.15, 0.2) is 0 Å². The Morgan fingerprint density at radius 1 is 1.17 bits per heavy atom. The molecule has 0 heterocycles. The quantitative estimate of drug-likeness (QED) is 0.320.